The average molecular weight is 350 g/mol. The largest absolute Gasteiger partial charge is 0.241 e. The van der Waals surface area contributed by atoms with Crippen LogP contribution in [0.1, 0.15) is 33.1 Å². The molecule has 1 fully saturated rings. The van der Waals surface area contributed by atoms with Crippen molar-refractivity contribution in [2.75, 3.05) is 0 Å². The van der Waals surface area contributed by atoms with E-state index in [0.29, 0.717) is 0 Å². The molecule has 0 bridgehead atoms. The monoisotopic (exact) mass is 349 g/mol. The molecule has 1 unspecified atom stereocenters. The summed E-state index contributed by atoms with van der Waals surface area (Å²) in [6, 6.07) is 3.55. The fraction of sp³-hybridized carbons (Fsp3) is 0.538. The molecule has 1 aromatic rings. The highest BCUT2D eigenvalue weighted by atomic mass is 79.9. The van der Waals surface area contributed by atoms with Crippen LogP contribution in [0.15, 0.2) is 27.6 Å². The van der Waals surface area contributed by atoms with E-state index in [4.69, 9.17) is 0 Å². The molecule has 1 aliphatic rings. The minimum absolute atomic E-state index is 0.0445. The van der Waals surface area contributed by atoms with Crippen LogP contribution in [0.3, 0.4) is 0 Å². The first-order valence-corrected chi connectivity index (χ1v) is 8.45. The summed E-state index contributed by atoms with van der Waals surface area (Å²) in [4.78, 5) is 0.0820. The predicted octanol–water partition coefficient (Wildman–Crippen LogP) is 3.45. The minimum Gasteiger partial charge on any atom is -0.208 e. The third-order valence-electron chi connectivity index (χ3n) is 3.47. The Bertz CT molecular complexity index is 586. The molecule has 0 amide bonds. The van der Waals surface area contributed by atoms with Crippen molar-refractivity contribution in [1.82, 2.24) is 4.72 Å². The normalized spacial score (nSPS) is 22.6. The fourth-order valence-corrected chi connectivity index (χ4v) is 4.83. The zero-order valence-corrected chi connectivity index (χ0v) is 13.3. The molecule has 0 radical (unpaired) electrons. The summed E-state index contributed by atoms with van der Waals surface area (Å²) in [5, 5.41) is 0. The first-order valence-electron chi connectivity index (χ1n) is 6.17. The van der Waals surface area contributed by atoms with Gasteiger partial charge in [0.25, 0.3) is 0 Å². The molecule has 19 heavy (non-hydrogen) atoms. The van der Waals surface area contributed by atoms with Crippen molar-refractivity contribution in [2.24, 2.45) is 5.41 Å². The quantitative estimate of drug-likeness (QED) is 0.908. The zero-order valence-electron chi connectivity index (χ0n) is 10.9. The van der Waals surface area contributed by atoms with Gasteiger partial charge in [0.1, 0.15) is 5.82 Å². The Balaban J connectivity index is 2.19. The lowest BCUT2D eigenvalue weighted by molar-refractivity contribution is 0.372. The van der Waals surface area contributed by atoms with Crippen molar-refractivity contribution in [1.29, 1.82) is 0 Å². The van der Waals surface area contributed by atoms with Gasteiger partial charge in [0.15, 0.2) is 0 Å². The van der Waals surface area contributed by atoms with Crippen LogP contribution in [0, 0.1) is 11.2 Å². The van der Waals surface area contributed by atoms with E-state index < -0.39 is 15.8 Å². The molecule has 1 N–H and O–H groups in total. The van der Waals surface area contributed by atoms with Gasteiger partial charge in [-0.05, 0) is 58.8 Å². The lowest BCUT2D eigenvalue weighted by Crippen LogP contribution is -2.33. The third-order valence-corrected chi connectivity index (χ3v) is 5.97. The standard InChI is InChI=1S/C13H17BrFNO2S/c1-13(2)6-5-10(8-13)16-19(17,18)12-4-3-9(15)7-11(12)14/h3-4,7,10,16H,5-6,8H2,1-2H3. The minimum atomic E-state index is -3.60. The van der Waals surface area contributed by atoms with Gasteiger partial charge < -0.3 is 0 Å². The van der Waals surface area contributed by atoms with E-state index in [1.54, 1.807) is 0 Å². The van der Waals surface area contributed by atoms with E-state index in [2.05, 4.69) is 34.5 Å². The third kappa shape index (κ3) is 3.55. The Morgan fingerprint density at radius 3 is 2.63 bits per heavy atom. The smallest absolute Gasteiger partial charge is 0.208 e. The van der Waals surface area contributed by atoms with Gasteiger partial charge >= 0.3 is 0 Å². The fourth-order valence-electron chi connectivity index (χ4n) is 2.51. The highest BCUT2D eigenvalue weighted by molar-refractivity contribution is 9.10. The van der Waals surface area contributed by atoms with Crippen molar-refractivity contribution >= 4 is 26.0 Å². The molecule has 0 aliphatic heterocycles. The first kappa shape index (κ1) is 14.9. The van der Waals surface area contributed by atoms with Gasteiger partial charge in [0.05, 0.1) is 4.90 Å². The van der Waals surface area contributed by atoms with Gasteiger partial charge in [-0.15, -0.1) is 0 Å². The van der Waals surface area contributed by atoms with Crippen LogP contribution in [0.4, 0.5) is 4.39 Å². The predicted molar refractivity (Wildman–Crippen MR) is 75.8 cm³/mol. The van der Waals surface area contributed by atoms with Crippen LogP contribution in [0.2, 0.25) is 0 Å². The average Bonchev–Trinajstić information content (AvgIpc) is 2.56. The van der Waals surface area contributed by atoms with E-state index in [1.807, 2.05) is 0 Å². The van der Waals surface area contributed by atoms with E-state index in [1.165, 1.54) is 6.07 Å². The molecule has 6 heteroatoms. The Morgan fingerprint density at radius 2 is 2.11 bits per heavy atom. The van der Waals surface area contributed by atoms with Gasteiger partial charge in [-0.2, -0.15) is 0 Å². The molecule has 0 aromatic heterocycles. The van der Waals surface area contributed by atoms with E-state index in [-0.39, 0.29) is 20.8 Å². The number of hydrogen-bond donors (Lipinski definition) is 1. The number of sulfonamides is 1. The molecule has 1 saturated carbocycles. The number of nitrogens with one attached hydrogen (secondary N) is 1. The van der Waals surface area contributed by atoms with Crippen molar-refractivity contribution in [3.05, 3.63) is 28.5 Å². The van der Waals surface area contributed by atoms with E-state index >= 15 is 0 Å². The van der Waals surface area contributed by atoms with Crippen LogP contribution in [0.25, 0.3) is 0 Å². The summed E-state index contributed by atoms with van der Waals surface area (Å²) in [5.41, 5.74) is 0.174. The topological polar surface area (TPSA) is 46.2 Å². The van der Waals surface area contributed by atoms with Crippen molar-refractivity contribution in [3.8, 4) is 0 Å². The van der Waals surface area contributed by atoms with E-state index in [0.717, 1.165) is 31.4 Å². The Morgan fingerprint density at radius 1 is 1.42 bits per heavy atom. The SMILES string of the molecule is CC1(C)CCC(NS(=O)(=O)c2ccc(F)cc2Br)C1. The molecular weight excluding hydrogens is 333 g/mol. The summed E-state index contributed by atoms with van der Waals surface area (Å²) in [6.07, 6.45) is 2.67. The number of benzene rings is 1. The van der Waals surface area contributed by atoms with Gasteiger partial charge in [-0.1, -0.05) is 13.8 Å². The summed E-state index contributed by atoms with van der Waals surface area (Å²) in [5.74, 6) is -0.465. The zero-order chi connectivity index (χ0) is 14.3. The molecule has 0 heterocycles. The molecule has 0 spiro atoms. The summed E-state index contributed by atoms with van der Waals surface area (Å²) >= 11 is 3.10. The lowest BCUT2D eigenvalue weighted by Gasteiger charge is -2.18. The molecule has 3 nitrogen and oxygen atoms in total. The molecule has 1 aromatic carbocycles. The molecular formula is C13H17BrFNO2S. The Labute approximate surface area is 121 Å². The summed E-state index contributed by atoms with van der Waals surface area (Å²) in [6.45, 7) is 4.27. The summed E-state index contributed by atoms with van der Waals surface area (Å²) < 4.78 is 40.5. The lowest BCUT2D eigenvalue weighted by atomic mass is 9.92. The van der Waals surface area contributed by atoms with Crippen molar-refractivity contribution < 1.29 is 12.8 Å². The van der Waals surface area contributed by atoms with Crippen LogP contribution >= 0.6 is 15.9 Å². The van der Waals surface area contributed by atoms with Crippen LogP contribution < -0.4 is 4.72 Å². The number of hydrogen-bond acceptors (Lipinski definition) is 2. The van der Waals surface area contributed by atoms with Gasteiger partial charge in [0, 0.05) is 10.5 Å². The number of rotatable bonds is 3. The van der Waals surface area contributed by atoms with Crippen molar-refractivity contribution in [3.63, 3.8) is 0 Å². The molecule has 0 saturated heterocycles. The highest BCUT2D eigenvalue weighted by Gasteiger charge is 2.33. The second kappa shape index (κ2) is 5.14. The molecule has 106 valence electrons. The Hall–Kier alpha value is -0.460. The summed E-state index contributed by atoms with van der Waals surface area (Å²) in [7, 11) is -3.60. The maximum absolute atomic E-state index is 13.0. The van der Waals surface area contributed by atoms with Crippen LogP contribution in [0.5, 0.6) is 0 Å². The second-order valence-electron chi connectivity index (χ2n) is 5.80. The van der Waals surface area contributed by atoms with Crippen LogP contribution in [-0.4, -0.2) is 14.5 Å². The molecule has 1 atom stereocenters. The van der Waals surface area contributed by atoms with Gasteiger partial charge in [-0.25, -0.2) is 17.5 Å². The van der Waals surface area contributed by atoms with Gasteiger partial charge in [-0.3, -0.25) is 0 Å². The highest BCUT2D eigenvalue weighted by Crippen LogP contribution is 2.37. The maximum atomic E-state index is 13.0. The van der Waals surface area contributed by atoms with Crippen molar-refractivity contribution in [2.45, 2.75) is 44.0 Å². The molecule has 1 aliphatic carbocycles. The van der Waals surface area contributed by atoms with E-state index in [9.17, 15) is 12.8 Å². The molecule has 2 rings (SSSR count). The maximum Gasteiger partial charge on any atom is 0.241 e. The Kier molecular flexibility index (Phi) is 4.05. The van der Waals surface area contributed by atoms with Crippen LogP contribution in [-0.2, 0) is 10.0 Å². The second-order valence-corrected chi connectivity index (χ2v) is 8.34. The first-order chi connectivity index (χ1) is 8.70. The van der Waals surface area contributed by atoms with Gasteiger partial charge in [0.2, 0.25) is 10.0 Å². The number of halogens is 2.